The number of ether oxygens (including phenoxy) is 1. The highest BCUT2D eigenvalue weighted by Gasteiger charge is 2.42. The Kier molecular flexibility index (Phi) is 7.24. The molecule has 7 nitrogen and oxygen atoms in total. The van der Waals surface area contributed by atoms with Crippen molar-refractivity contribution in [3.63, 3.8) is 0 Å². The molecule has 0 radical (unpaired) electrons. The Balaban J connectivity index is 2.46. The highest BCUT2D eigenvalue weighted by Crippen LogP contribution is 2.40. The Hall–Kier alpha value is -1.69. The fourth-order valence-electron chi connectivity index (χ4n) is 2.57. The van der Waals surface area contributed by atoms with Gasteiger partial charge >= 0.3 is 5.69 Å². The van der Waals surface area contributed by atoms with Crippen LogP contribution in [0.25, 0.3) is 0 Å². The molecule has 32 heavy (non-hydrogen) atoms. The van der Waals surface area contributed by atoms with Crippen molar-refractivity contribution in [1.29, 1.82) is 0 Å². The highest BCUT2D eigenvalue weighted by atomic mass is 28.4. The minimum absolute atomic E-state index is 0.0150. The summed E-state index contributed by atoms with van der Waals surface area (Å²) in [6.07, 6.45) is 3.11. The van der Waals surface area contributed by atoms with Gasteiger partial charge in [0.15, 0.2) is 16.6 Å². The first-order valence-corrected chi connectivity index (χ1v) is 16.8. The molecule has 0 unspecified atom stereocenters. The topological polar surface area (TPSA) is 82.6 Å². The first kappa shape index (κ1) is 24.9. The third kappa shape index (κ3) is 6.21. The number of hydrogen-bond acceptors (Lipinski definition) is 5. The van der Waals surface area contributed by atoms with Gasteiger partial charge in [0.1, 0.15) is 11.9 Å². The molecular formula is C23H40N2O5Si2. The van der Waals surface area contributed by atoms with E-state index in [2.05, 4.69) is 72.7 Å². The van der Waals surface area contributed by atoms with Crippen molar-refractivity contribution in [1.82, 2.24) is 9.55 Å². The number of allylic oxidation sites excluding steroid dienone is 2. The van der Waals surface area contributed by atoms with Gasteiger partial charge in [-0.2, -0.15) is 0 Å². The van der Waals surface area contributed by atoms with Gasteiger partial charge in [0.2, 0.25) is 6.23 Å². The lowest BCUT2D eigenvalue weighted by molar-refractivity contribution is -0.0319. The Morgan fingerprint density at radius 1 is 1.09 bits per heavy atom. The first-order chi connectivity index (χ1) is 14.8. The van der Waals surface area contributed by atoms with Gasteiger partial charge in [0.25, 0.3) is 5.56 Å². The first-order valence-electron chi connectivity index (χ1n) is 11.5. The Morgan fingerprint density at radius 2 is 1.69 bits per heavy atom. The van der Waals surface area contributed by atoms with Gasteiger partial charge in [0.05, 0.1) is 7.98 Å². The number of nitrogens with one attached hydrogen (secondary N) is 1. The van der Waals surface area contributed by atoms with E-state index in [1.165, 1.54) is 16.8 Å². The molecule has 2 heterocycles. The standard InChI is InChI=1S/C23H40N2O5Si2/c1-22(2,3)31(7,8)28-16-17-12-11-13-18(30-32(9,10)23(4,5)6)20(29-17)25-15-14-19(26)24-21(25)27/h11-15,18,20H,16H2,1-10H3,(H,24,26,27)/t18-,20-/m1/s1/i11D. The van der Waals surface area contributed by atoms with Crippen LogP contribution in [0.2, 0.25) is 36.3 Å². The van der Waals surface area contributed by atoms with E-state index in [0.29, 0.717) is 5.76 Å². The van der Waals surface area contributed by atoms with Crippen LogP contribution in [-0.4, -0.2) is 38.9 Å². The summed E-state index contributed by atoms with van der Waals surface area (Å²) >= 11 is 0. The van der Waals surface area contributed by atoms with E-state index >= 15 is 0 Å². The minimum Gasteiger partial charge on any atom is -0.469 e. The quantitative estimate of drug-likeness (QED) is 0.583. The summed E-state index contributed by atoms with van der Waals surface area (Å²) in [7, 11) is -4.35. The summed E-state index contributed by atoms with van der Waals surface area (Å²) in [5.74, 6) is 0.450. The molecule has 0 bridgehead atoms. The van der Waals surface area contributed by atoms with Crippen LogP contribution in [0.5, 0.6) is 0 Å². The van der Waals surface area contributed by atoms with Gasteiger partial charge in [-0.3, -0.25) is 14.3 Å². The van der Waals surface area contributed by atoms with Crippen LogP contribution in [0.15, 0.2) is 45.8 Å². The monoisotopic (exact) mass is 481 g/mol. The molecular weight excluding hydrogens is 440 g/mol. The summed E-state index contributed by atoms with van der Waals surface area (Å²) in [5.41, 5.74) is -1.08. The lowest BCUT2D eigenvalue weighted by atomic mass is 10.2. The molecule has 9 heteroatoms. The van der Waals surface area contributed by atoms with E-state index in [-0.39, 0.29) is 22.7 Å². The van der Waals surface area contributed by atoms with Gasteiger partial charge in [-0.05, 0) is 42.3 Å². The molecule has 1 aliphatic heterocycles. The molecule has 0 saturated carbocycles. The Bertz CT molecular complexity index is 1030. The average molecular weight is 482 g/mol. The zero-order valence-corrected chi connectivity index (χ0v) is 23.2. The van der Waals surface area contributed by atoms with Crippen molar-refractivity contribution in [2.24, 2.45) is 0 Å². The third-order valence-electron chi connectivity index (χ3n) is 6.80. The summed E-state index contributed by atoms with van der Waals surface area (Å²) in [6.45, 7) is 21.5. The lowest BCUT2D eigenvalue weighted by Gasteiger charge is -2.40. The highest BCUT2D eigenvalue weighted by molar-refractivity contribution is 6.74. The van der Waals surface area contributed by atoms with Crippen molar-refractivity contribution in [3.8, 4) is 0 Å². The molecule has 1 aromatic rings. The van der Waals surface area contributed by atoms with E-state index in [9.17, 15) is 9.59 Å². The van der Waals surface area contributed by atoms with Crippen molar-refractivity contribution in [3.05, 3.63) is 57.1 Å². The average Bonchev–Trinajstić information content (AvgIpc) is 2.76. The summed E-state index contributed by atoms with van der Waals surface area (Å²) < 4.78 is 29.0. The fourth-order valence-corrected chi connectivity index (χ4v) is 4.72. The predicted octanol–water partition coefficient (Wildman–Crippen LogP) is 4.92. The largest absolute Gasteiger partial charge is 0.469 e. The van der Waals surface area contributed by atoms with Crippen LogP contribution in [0, 0.1) is 0 Å². The van der Waals surface area contributed by atoms with Crippen LogP contribution in [0.1, 0.15) is 49.1 Å². The third-order valence-corrected chi connectivity index (χ3v) is 15.8. The van der Waals surface area contributed by atoms with Gasteiger partial charge < -0.3 is 13.6 Å². The van der Waals surface area contributed by atoms with Crippen molar-refractivity contribution < 1.29 is 15.0 Å². The molecule has 0 aromatic carbocycles. The fraction of sp³-hybridized carbons (Fsp3) is 0.652. The van der Waals surface area contributed by atoms with Crippen LogP contribution in [0.4, 0.5) is 0 Å². The summed E-state index contributed by atoms with van der Waals surface area (Å²) in [6, 6.07) is 1.51. The van der Waals surface area contributed by atoms with Crippen LogP contribution >= 0.6 is 0 Å². The van der Waals surface area contributed by atoms with Crippen molar-refractivity contribution in [2.75, 3.05) is 6.61 Å². The molecule has 1 aromatic heterocycles. The molecule has 2 atom stereocenters. The number of rotatable bonds is 6. The molecule has 1 aliphatic rings. The zero-order valence-electron chi connectivity index (χ0n) is 22.2. The molecule has 1 N–H and O–H groups in total. The summed E-state index contributed by atoms with van der Waals surface area (Å²) in [5, 5.41) is -0.0707. The van der Waals surface area contributed by atoms with Crippen LogP contribution in [-0.2, 0) is 13.6 Å². The number of H-pyrrole nitrogens is 1. The molecule has 0 spiro atoms. The second-order valence-electron chi connectivity index (χ2n) is 11.4. The van der Waals surface area contributed by atoms with Gasteiger partial charge in [-0.1, -0.05) is 53.7 Å². The number of nitrogens with zero attached hydrogens (tertiary/aromatic N) is 1. The molecule has 0 aliphatic carbocycles. The van der Waals surface area contributed by atoms with E-state index in [1.54, 1.807) is 12.2 Å². The van der Waals surface area contributed by atoms with Crippen LogP contribution < -0.4 is 11.2 Å². The van der Waals surface area contributed by atoms with E-state index in [0.717, 1.165) is 0 Å². The Labute approximate surface area is 195 Å². The second kappa shape index (κ2) is 9.28. The van der Waals surface area contributed by atoms with Gasteiger partial charge in [-0.15, -0.1) is 0 Å². The lowest BCUT2D eigenvalue weighted by Crippen LogP contribution is -2.47. The summed E-state index contributed by atoms with van der Waals surface area (Å²) in [4.78, 5) is 26.6. The molecule has 2 rings (SSSR count). The van der Waals surface area contributed by atoms with Crippen LogP contribution in [0.3, 0.4) is 0 Å². The predicted molar refractivity (Wildman–Crippen MR) is 134 cm³/mol. The van der Waals surface area contributed by atoms with E-state index < -0.39 is 40.2 Å². The molecule has 180 valence electrons. The number of hydrogen-bond donors (Lipinski definition) is 1. The molecule has 0 amide bonds. The maximum Gasteiger partial charge on any atom is 0.331 e. The normalized spacial score (nSPS) is 21.2. The second-order valence-corrected chi connectivity index (χ2v) is 20.9. The van der Waals surface area contributed by atoms with E-state index in [1.807, 2.05) is 0 Å². The Morgan fingerprint density at radius 3 is 2.22 bits per heavy atom. The van der Waals surface area contributed by atoms with Gasteiger partial charge in [0, 0.05) is 12.3 Å². The van der Waals surface area contributed by atoms with Crippen molar-refractivity contribution >= 4 is 16.6 Å². The smallest absolute Gasteiger partial charge is 0.331 e. The van der Waals surface area contributed by atoms with Gasteiger partial charge in [-0.25, -0.2) is 4.79 Å². The SMILES string of the molecule is [2H]C1=C[C@@H](O[Si](C)(C)C(C)(C)C)[C@H](n2ccc(=O)[nH]c2=O)OC(CO[Si](C)(C)C(C)(C)C)=C1. The molecule has 0 fully saturated rings. The maximum absolute atomic E-state index is 12.7. The maximum atomic E-state index is 12.7. The minimum atomic E-state index is -2.29. The zero-order chi connectivity index (χ0) is 25.4. The number of aromatic amines is 1. The number of aromatic nitrogens is 2. The molecule has 0 saturated heterocycles. The van der Waals surface area contributed by atoms with Crippen molar-refractivity contribution in [2.45, 2.75) is 90.1 Å². The van der Waals surface area contributed by atoms with E-state index in [4.69, 9.17) is 15.0 Å².